The van der Waals surface area contributed by atoms with Crippen molar-refractivity contribution in [3.05, 3.63) is 35.6 Å². The normalized spacial score (nSPS) is 14.9. The van der Waals surface area contributed by atoms with E-state index in [0.717, 1.165) is 18.4 Å². The predicted octanol–water partition coefficient (Wildman–Crippen LogP) is 2.49. The molecule has 2 nitrogen and oxygen atoms in total. The van der Waals surface area contributed by atoms with E-state index in [0.29, 0.717) is 12.3 Å². The van der Waals surface area contributed by atoms with Gasteiger partial charge in [0.1, 0.15) is 5.82 Å². The molecule has 3 N–H and O–H groups in total. The van der Waals surface area contributed by atoms with Crippen molar-refractivity contribution < 1.29 is 9.50 Å². The van der Waals surface area contributed by atoms with Crippen LogP contribution in [0, 0.1) is 11.7 Å². The number of nitrogens with two attached hydrogens (primary N) is 1. The lowest BCUT2D eigenvalue weighted by Gasteiger charge is -2.19. The number of halogens is 1. The maximum atomic E-state index is 13.0. The number of aliphatic hydroxyl groups is 1. The van der Waals surface area contributed by atoms with Gasteiger partial charge in [-0.1, -0.05) is 26.0 Å². The van der Waals surface area contributed by atoms with E-state index in [-0.39, 0.29) is 11.9 Å². The minimum absolute atomic E-state index is 0.235. The van der Waals surface area contributed by atoms with E-state index in [4.69, 9.17) is 5.73 Å². The molecule has 0 heterocycles. The van der Waals surface area contributed by atoms with Crippen LogP contribution in [0.25, 0.3) is 0 Å². The first kappa shape index (κ1) is 14.1. The molecule has 2 unspecified atom stereocenters. The summed E-state index contributed by atoms with van der Waals surface area (Å²) in [6.45, 7) is 4.26. The van der Waals surface area contributed by atoms with Crippen molar-refractivity contribution in [3.8, 4) is 0 Å². The van der Waals surface area contributed by atoms with Gasteiger partial charge in [0, 0.05) is 6.04 Å². The number of rotatable bonds is 6. The van der Waals surface area contributed by atoms with Crippen molar-refractivity contribution >= 4 is 0 Å². The molecule has 0 radical (unpaired) electrons. The first-order chi connectivity index (χ1) is 7.99. The van der Waals surface area contributed by atoms with Gasteiger partial charge in [0.25, 0.3) is 0 Å². The van der Waals surface area contributed by atoms with Gasteiger partial charge in [-0.2, -0.15) is 0 Å². The molecule has 2 atom stereocenters. The Hall–Kier alpha value is -0.930. The zero-order valence-corrected chi connectivity index (χ0v) is 10.6. The largest absolute Gasteiger partial charge is 0.391 e. The highest BCUT2D eigenvalue weighted by Crippen LogP contribution is 2.12. The van der Waals surface area contributed by atoms with E-state index in [1.54, 1.807) is 6.07 Å². The van der Waals surface area contributed by atoms with Crippen LogP contribution in [0.3, 0.4) is 0 Å². The smallest absolute Gasteiger partial charge is 0.123 e. The van der Waals surface area contributed by atoms with Crippen LogP contribution in [0.5, 0.6) is 0 Å². The Kier molecular flexibility index (Phi) is 5.59. The summed E-state index contributed by atoms with van der Waals surface area (Å²) in [5.41, 5.74) is 6.70. The molecule has 0 saturated heterocycles. The quantitative estimate of drug-likeness (QED) is 0.801. The van der Waals surface area contributed by atoms with Crippen LogP contribution in [0.1, 0.15) is 32.3 Å². The zero-order chi connectivity index (χ0) is 12.8. The third-order valence-corrected chi connectivity index (χ3v) is 2.91. The molecule has 0 saturated carbocycles. The van der Waals surface area contributed by atoms with E-state index in [2.05, 4.69) is 13.8 Å². The van der Waals surface area contributed by atoms with Crippen LogP contribution < -0.4 is 5.73 Å². The van der Waals surface area contributed by atoms with Gasteiger partial charge in [-0.3, -0.25) is 0 Å². The SMILES string of the molecule is CC(C)CCC(N)C(O)Cc1cccc(F)c1. The van der Waals surface area contributed by atoms with Gasteiger partial charge >= 0.3 is 0 Å². The van der Waals surface area contributed by atoms with E-state index >= 15 is 0 Å². The number of aliphatic hydroxyl groups excluding tert-OH is 1. The molecule has 0 bridgehead atoms. The van der Waals surface area contributed by atoms with Crippen LogP contribution in [-0.2, 0) is 6.42 Å². The second kappa shape index (κ2) is 6.72. The van der Waals surface area contributed by atoms with Gasteiger partial charge in [0.2, 0.25) is 0 Å². The fourth-order valence-electron chi connectivity index (χ4n) is 1.77. The molecule has 1 aromatic rings. The summed E-state index contributed by atoms with van der Waals surface area (Å²) >= 11 is 0. The fourth-order valence-corrected chi connectivity index (χ4v) is 1.77. The van der Waals surface area contributed by atoms with Gasteiger partial charge in [-0.25, -0.2) is 4.39 Å². The topological polar surface area (TPSA) is 46.2 Å². The predicted molar refractivity (Wildman–Crippen MR) is 68.2 cm³/mol. The standard InChI is InChI=1S/C14H22FNO/c1-10(2)6-7-13(16)14(17)9-11-4-3-5-12(15)8-11/h3-5,8,10,13-14,17H,6-7,9,16H2,1-2H3. The lowest BCUT2D eigenvalue weighted by molar-refractivity contribution is 0.137. The zero-order valence-electron chi connectivity index (χ0n) is 10.6. The summed E-state index contributed by atoms with van der Waals surface area (Å²) in [5, 5.41) is 9.93. The Labute approximate surface area is 103 Å². The second-order valence-corrected chi connectivity index (χ2v) is 5.04. The highest BCUT2D eigenvalue weighted by Gasteiger charge is 2.15. The first-order valence-electron chi connectivity index (χ1n) is 6.17. The first-order valence-corrected chi connectivity index (χ1v) is 6.17. The van der Waals surface area contributed by atoms with Crippen LogP contribution in [0.2, 0.25) is 0 Å². The summed E-state index contributed by atoms with van der Waals surface area (Å²) in [6.07, 6.45) is 1.61. The lowest BCUT2D eigenvalue weighted by Crippen LogP contribution is -2.36. The maximum Gasteiger partial charge on any atom is 0.123 e. The summed E-state index contributed by atoms with van der Waals surface area (Å²) in [7, 11) is 0. The Bertz CT molecular complexity index is 341. The summed E-state index contributed by atoms with van der Waals surface area (Å²) < 4.78 is 13.0. The molecule has 0 aromatic heterocycles. The summed E-state index contributed by atoms with van der Waals surface area (Å²) in [5.74, 6) is 0.313. The Morgan fingerprint density at radius 3 is 2.59 bits per heavy atom. The van der Waals surface area contributed by atoms with Crippen molar-refractivity contribution in [1.29, 1.82) is 0 Å². The fraction of sp³-hybridized carbons (Fsp3) is 0.571. The van der Waals surface area contributed by atoms with E-state index in [1.807, 2.05) is 6.07 Å². The highest BCUT2D eigenvalue weighted by molar-refractivity contribution is 5.17. The molecule has 0 aliphatic carbocycles. The van der Waals surface area contributed by atoms with Crippen molar-refractivity contribution in [2.24, 2.45) is 11.7 Å². The molecule has 0 spiro atoms. The highest BCUT2D eigenvalue weighted by atomic mass is 19.1. The minimum atomic E-state index is -0.601. The molecule has 3 heteroatoms. The van der Waals surface area contributed by atoms with E-state index < -0.39 is 6.10 Å². The van der Waals surface area contributed by atoms with Crippen molar-refractivity contribution in [2.75, 3.05) is 0 Å². The molecule has 0 fully saturated rings. The average molecular weight is 239 g/mol. The minimum Gasteiger partial charge on any atom is -0.391 e. The maximum absolute atomic E-state index is 13.0. The molecule has 0 amide bonds. The average Bonchev–Trinajstić information content (AvgIpc) is 2.25. The molecular formula is C14H22FNO. The van der Waals surface area contributed by atoms with Crippen molar-refractivity contribution in [3.63, 3.8) is 0 Å². The molecule has 0 aliphatic rings. The van der Waals surface area contributed by atoms with Crippen molar-refractivity contribution in [2.45, 2.75) is 45.3 Å². The third-order valence-electron chi connectivity index (χ3n) is 2.91. The van der Waals surface area contributed by atoms with Gasteiger partial charge in [-0.15, -0.1) is 0 Å². The van der Waals surface area contributed by atoms with Gasteiger partial charge in [-0.05, 0) is 42.9 Å². The number of hydrogen-bond acceptors (Lipinski definition) is 2. The molecule has 17 heavy (non-hydrogen) atoms. The molecule has 96 valence electrons. The number of hydrogen-bond donors (Lipinski definition) is 2. The summed E-state index contributed by atoms with van der Waals surface area (Å²) in [4.78, 5) is 0. The van der Waals surface area contributed by atoms with Gasteiger partial charge in [0.05, 0.1) is 6.10 Å². The van der Waals surface area contributed by atoms with Gasteiger partial charge < -0.3 is 10.8 Å². The lowest BCUT2D eigenvalue weighted by atomic mass is 9.96. The van der Waals surface area contributed by atoms with Gasteiger partial charge in [0.15, 0.2) is 0 Å². The second-order valence-electron chi connectivity index (χ2n) is 5.04. The molecular weight excluding hydrogens is 217 g/mol. The molecule has 0 aliphatic heterocycles. The van der Waals surface area contributed by atoms with Crippen molar-refractivity contribution in [1.82, 2.24) is 0 Å². The van der Waals surface area contributed by atoms with Crippen LogP contribution in [0.4, 0.5) is 4.39 Å². The van der Waals surface area contributed by atoms with Crippen LogP contribution >= 0.6 is 0 Å². The van der Waals surface area contributed by atoms with E-state index in [1.165, 1.54) is 12.1 Å². The Morgan fingerprint density at radius 1 is 1.29 bits per heavy atom. The Morgan fingerprint density at radius 2 is 2.00 bits per heavy atom. The monoisotopic (exact) mass is 239 g/mol. The molecule has 1 rings (SSSR count). The third kappa shape index (κ3) is 5.29. The van der Waals surface area contributed by atoms with Crippen LogP contribution in [-0.4, -0.2) is 17.3 Å². The van der Waals surface area contributed by atoms with Crippen LogP contribution in [0.15, 0.2) is 24.3 Å². The number of benzene rings is 1. The Balaban J connectivity index is 2.45. The molecule has 1 aromatic carbocycles. The van der Waals surface area contributed by atoms with E-state index in [9.17, 15) is 9.50 Å². The summed E-state index contributed by atoms with van der Waals surface area (Å²) in [6, 6.07) is 6.06.